The zero-order chi connectivity index (χ0) is 14.5. The van der Waals surface area contributed by atoms with E-state index in [9.17, 15) is 14.9 Å². The second kappa shape index (κ2) is 6.26. The molecule has 0 aromatic carbocycles. The van der Waals surface area contributed by atoms with Gasteiger partial charge in [0.15, 0.2) is 0 Å². The molecule has 1 aromatic heterocycles. The van der Waals surface area contributed by atoms with Crippen LogP contribution in [0.25, 0.3) is 0 Å². The molecule has 2 rings (SSSR count). The Morgan fingerprint density at radius 1 is 1.70 bits per heavy atom. The SMILES string of the molecule is NC(=O)c1cc([N+](=O)[O-])cnc1NCC1COCCN1. The van der Waals surface area contributed by atoms with Crippen LogP contribution in [0.2, 0.25) is 0 Å². The molecule has 9 heteroatoms. The van der Waals surface area contributed by atoms with Crippen molar-refractivity contribution in [2.45, 2.75) is 6.04 Å². The van der Waals surface area contributed by atoms with Crippen LogP contribution < -0.4 is 16.4 Å². The van der Waals surface area contributed by atoms with Crippen LogP contribution in [0.5, 0.6) is 0 Å². The van der Waals surface area contributed by atoms with Gasteiger partial charge < -0.3 is 21.1 Å². The standard InChI is InChI=1S/C11H15N5O4/c12-10(17)9-3-8(16(18)19)5-15-11(9)14-4-7-6-20-2-1-13-7/h3,5,7,13H,1-2,4,6H2,(H2,12,17)(H,14,15). The summed E-state index contributed by atoms with van der Waals surface area (Å²) in [4.78, 5) is 25.2. The van der Waals surface area contributed by atoms with E-state index in [2.05, 4.69) is 15.6 Å². The summed E-state index contributed by atoms with van der Waals surface area (Å²) in [5, 5.41) is 16.8. The van der Waals surface area contributed by atoms with Crippen molar-refractivity contribution in [1.82, 2.24) is 10.3 Å². The van der Waals surface area contributed by atoms with E-state index in [1.54, 1.807) is 0 Å². The molecule has 108 valence electrons. The van der Waals surface area contributed by atoms with Gasteiger partial charge in [-0.1, -0.05) is 0 Å². The van der Waals surface area contributed by atoms with Gasteiger partial charge in [-0.2, -0.15) is 0 Å². The molecule has 1 saturated heterocycles. The lowest BCUT2D eigenvalue weighted by Gasteiger charge is -2.24. The van der Waals surface area contributed by atoms with Gasteiger partial charge in [-0.25, -0.2) is 4.98 Å². The van der Waals surface area contributed by atoms with Gasteiger partial charge in [-0.3, -0.25) is 14.9 Å². The van der Waals surface area contributed by atoms with Gasteiger partial charge in [0.05, 0.1) is 23.7 Å². The number of carbonyl (C=O) groups excluding carboxylic acids is 1. The van der Waals surface area contributed by atoms with E-state index in [1.807, 2.05) is 0 Å². The fraction of sp³-hybridized carbons (Fsp3) is 0.455. The van der Waals surface area contributed by atoms with Crippen molar-refractivity contribution in [3.05, 3.63) is 27.9 Å². The molecule has 0 saturated carbocycles. The molecule has 9 nitrogen and oxygen atoms in total. The van der Waals surface area contributed by atoms with Crippen LogP contribution in [0.15, 0.2) is 12.3 Å². The molecular weight excluding hydrogens is 266 g/mol. The molecule has 1 amide bonds. The third kappa shape index (κ3) is 3.39. The van der Waals surface area contributed by atoms with Gasteiger partial charge >= 0.3 is 0 Å². The number of pyridine rings is 1. The number of primary amides is 1. The Bertz CT molecular complexity index is 516. The zero-order valence-electron chi connectivity index (χ0n) is 10.7. The summed E-state index contributed by atoms with van der Waals surface area (Å²) in [5.41, 5.74) is 4.93. The highest BCUT2D eigenvalue weighted by Gasteiger charge is 2.18. The number of nitrogens with one attached hydrogen (secondary N) is 2. The van der Waals surface area contributed by atoms with Crippen molar-refractivity contribution in [2.24, 2.45) is 5.73 Å². The third-order valence-corrected chi connectivity index (χ3v) is 2.86. The van der Waals surface area contributed by atoms with Crippen LogP contribution in [-0.4, -0.2) is 48.2 Å². The van der Waals surface area contributed by atoms with Crippen molar-refractivity contribution in [1.29, 1.82) is 0 Å². The first kappa shape index (κ1) is 14.2. The fourth-order valence-corrected chi connectivity index (χ4v) is 1.85. The predicted octanol–water partition coefficient (Wildman–Crippen LogP) is -0.511. The number of nitrogens with zero attached hydrogens (tertiary/aromatic N) is 2. The largest absolute Gasteiger partial charge is 0.378 e. The topological polar surface area (TPSA) is 132 Å². The van der Waals surface area contributed by atoms with E-state index in [4.69, 9.17) is 10.5 Å². The normalized spacial score (nSPS) is 18.5. The monoisotopic (exact) mass is 281 g/mol. The molecule has 4 N–H and O–H groups in total. The van der Waals surface area contributed by atoms with Gasteiger partial charge in [-0.05, 0) is 0 Å². The van der Waals surface area contributed by atoms with E-state index in [0.717, 1.165) is 18.8 Å². The molecule has 1 aliphatic heterocycles. The number of carbonyl (C=O) groups is 1. The van der Waals surface area contributed by atoms with Crippen LogP contribution in [0.4, 0.5) is 11.5 Å². The Kier molecular flexibility index (Phi) is 4.43. The molecule has 0 radical (unpaired) electrons. The molecule has 1 aliphatic rings. The molecular formula is C11H15N5O4. The lowest BCUT2D eigenvalue weighted by atomic mass is 10.2. The van der Waals surface area contributed by atoms with E-state index in [1.165, 1.54) is 0 Å². The highest BCUT2D eigenvalue weighted by molar-refractivity contribution is 5.98. The summed E-state index contributed by atoms with van der Waals surface area (Å²) in [6.45, 7) is 2.44. The summed E-state index contributed by atoms with van der Waals surface area (Å²) in [6, 6.07) is 1.20. The maximum absolute atomic E-state index is 11.3. The van der Waals surface area contributed by atoms with Crippen molar-refractivity contribution in [3.8, 4) is 0 Å². The number of nitro groups is 1. The van der Waals surface area contributed by atoms with E-state index >= 15 is 0 Å². The summed E-state index contributed by atoms with van der Waals surface area (Å²) in [6.07, 6.45) is 1.08. The fourth-order valence-electron chi connectivity index (χ4n) is 1.85. The molecule has 0 spiro atoms. The summed E-state index contributed by atoms with van der Waals surface area (Å²) < 4.78 is 5.29. The van der Waals surface area contributed by atoms with Crippen LogP contribution >= 0.6 is 0 Å². The Hall–Kier alpha value is -2.26. The van der Waals surface area contributed by atoms with Crippen LogP contribution in [0.3, 0.4) is 0 Å². The van der Waals surface area contributed by atoms with Crippen molar-refractivity contribution < 1.29 is 14.5 Å². The van der Waals surface area contributed by atoms with Gasteiger partial charge in [0.25, 0.3) is 11.6 Å². The first-order valence-electron chi connectivity index (χ1n) is 6.07. The number of hydrogen-bond donors (Lipinski definition) is 3. The minimum atomic E-state index is -0.767. The van der Waals surface area contributed by atoms with Gasteiger partial charge in [0, 0.05) is 25.2 Å². The van der Waals surface area contributed by atoms with Crippen molar-refractivity contribution in [3.63, 3.8) is 0 Å². The molecule has 1 unspecified atom stereocenters. The number of nitrogens with two attached hydrogens (primary N) is 1. The number of ether oxygens (including phenoxy) is 1. The number of hydrogen-bond acceptors (Lipinski definition) is 7. The number of anilines is 1. The summed E-state index contributed by atoms with van der Waals surface area (Å²) in [5.74, 6) is -0.535. The zero-order valence-corrected chi connectivity index (χ0v) is 10.7. The lowest BCUT2D eigenvalue weighted by Crippen LogP contribution is -2.45. The van der Waals surface area contributed by atoms with Gasteiger partial charge in [-0.15, -0.1) is 0 Å². The second-order valence-electron chi connectivity index (χ2n) is 4.32. The number of aromatic nitrogens is 1. The van der Waals surface area contributed by atoms with Gasteiger partial charge in [0.2, 0.25) is 0 Å². The maximum atomic E-state index is 11.3. The Morgan fingerprint density at radius 2 is 2.50 bits per heavy atom. The minimum absolute atomic E-state index is 0.00377. The highest BCUT2D eigenvalue weighted by atomic mass is 16.6. The molecule has 0 aliphatic carbocycles. The molecule has 1 fully saturated rings. The number of amides is 1. The first-order valence-corrected chi connectivity index (χ1v) is 6.07. The Balaban J connectivity index is 2.09. The van der Waals surface area contributed by atoms with E-state index in [0.29, 0.717) is 19.8 Å². The highest BCUT2D eigenvalue weighted by Crippen LogP contribution is 2.18. The molecule has 0 bridgehead atoms. The average molecular weight is 281 g/mol. The van der Waals surface area contributed by atoms with Crippen LogP contribution in [0, 0.1) is 10.1 Å². The number of rotatable bonds is 5. The average Bonchev–Trinajstić information content (AvgIpc) is 2.45. The Morgan fingerprint density at radius 3 is 3.10 bits per heavy atom. The van der Waals surface area contributed by atoms with E-state index < -0.39 is 10.8 Å². The minimum Gasteiger partial charge on any atom is -0.378 e. The number of morpholine rings is 1. The summed E-state index contributed by atoms with van der Waals surface area (Å²) in [7, 11) is 0. The van der Waals surface area contributed by atoms with Crippen LogP contribution in [0.1, 0.15) is 10.4 Å². The molecule has 20 heavy (non-hydrogen) atoms. The molecule has 1 atom stereocenters. The van der Waals surface area contributed by atoms with E-state index in [-0.39, 0.29) is 23.1 Å². The third-order valence-electron chi connectivity index (χ3n) is 2.86. The van der Waals surface area contributed by atoms with Gasteiger partial charge in [0.1, 0.15) is 12.0 Å². The van der Waals surface area contributed by atoms with Crippen molar-refractivity contribution >= 4 is 17.4 Å². The molecule has 2 heterocycles. The first-order chi connectivity index (χ1) is 9.58. The lowest BCUT2D eigenvalue weighted by molar-refractivity contribution is -0.385. The smallest absolute Gasteiger partial charge is 0.288 e. The maximum Gasteiger partial charge on any atom is 0.288 e. The molecule has 1 aromatic rings. The predicted molar refractivity (Wildman–Crippen MR) is 70.5 cm³/mol. The van der Waals surface area contributed by atoms with Crippen LogP contribution in [-0.2, 0) is 4.74 Å². The quantitative estimate of drug-likeness (QED) is 0.489. The second-order valence-corrected chi connectivity index (χ2v) is 4.32. The Labute approximate surface area is 114 Å². The van der Waals surface area contributed by atoms with Crippen molar-refractivity contribution in [2.75, 3.05) is 31.6 Å². The summed E-state index contributed by atoms with van der Waals surface area (Å²) >= 11 is 0.